The summed E-state index contributed by atoms with van der Waals surface area (Å²) in [6, 6.07) is 4.64. The molecule has 0 aliphatic heterocycles. The monoisotopic (exact) mass is 452 g/mol. The largest absolute Gasteiger partial charge is 0.298 e. The van der Waals surface area contributed by atoms with Crippen LogP contribution in [0.3, 0.4) is 0 Å². The van der Waals surface area contributed by atoms with Crippen LogP contribution in [0, 0.1) is 18.2 Å². The number of hydrogen-bond acceptors (Lipinski definition) is 3. The molecule has 7 heteroatoms. The Kier molecular flexibility index (Phi) is 7.74. The molecule has 0 saturated carbocycles. The predicted molar refractivity (Wildman–Crippen MR) is 92.4 cm³/mol. The summed E-state index contributed by atoms with van der Waals surface area (Å²) in [5.41, 5.74) is 0.200. The lowest BCUT2D eigenvalue weighted by Gasteiger charge is -2.16. The fraction of sp³-hybridized carbons (Fsp3) is 0.400. The van der Waals surface area contributed by atoms with Crippen LogP contribution < -0.4 is 0 Å². The summed E-state index contributed by atoms with van der Waals surface area (Å²) in [6.07, 6.45) is 5.22. The van der Waals surface area contributed by atoms with Gasteiger partial charge in [0.1, 0.15) is 5.82 Å². The zero-order valence-electron chi connectivity index (χ0n) is 11.7. The lowest BCUT2D eigenvalue weighted by atomic mass is 9.92. The van der Waals surface area contributed by atoms with Crippen LogP contribution in [0.25, 0.3) is 0 Å². The average molecular weight is 454 g/mol. The van der Waals surface area contributed by atoms with Crippen molar-refractivity contribution < 1.29 is 17.6 Å². The summed E-state index contributed by atoms with van der Waals surface area (Å²) in [5.74, 6) is 0.337. The average Bonchev–Trinajstić information content (AvgIpc) is 2.49. The van der Waals surface area contributed by atoms with Crippen molar-refractivity contribution in [1.29, 1.82) is 0 Å². The molecule has 0 aliphatic carbocycles. The van der Waals surface area contributed by atoms with E-state index in [1.54, 1.807) is 6.07 Å². The zero-order valence-corrected chi connectivity index (χ0v) is 15.7. The van der Waals surface area contributed by atoms with Gasteiger partial charge in [0.25, 0.3) is 0 Å². The molecule has 3 nitrogen and oxygen atoms in total. The second kappa shape index (κ2) is 8.80. The molecule has 1 aromatic rings. The molecule has 0 spiro atoms. The molecule has 0 aromatic heterocycles. The number of alkyl halides is 1. The number of carbonyl (C=O) groups excluding carboxylic acids is 1. The summed E-state index contributed by atoms with van der Waals surface area (Å²) in [6.45, 7) is 0. The van der Waals surface area contributed by atoms with Crippen molar-refractivity contribution in [3.63, 3.8) is 0 Å². The van der Waals surface area contributed by atoms with E-state index < -0.39 is 21.6 Å². The molecule has 0 radical (unpaired) electrons. The van der Waals surface area contributed by atoms with Crippen molar-refractivity contribution in [1.82, 2.24) is 0 Å². The molecule has 0 fully saturated rings. The van der Waals surface area contributed by atoms with Crippen molar-refractivity contribution in [2.45, 2.75) is 18.8 Å². The molecule has 0 bridgehead atoms. The van der Waals surface area contributed by atoms with E-state index >= 15 is 0 Å². The summed E-state index contributed by atoms with van der Waals surface area (Å²) in [7, 11) is -3.36. The van der Waals surface area contributed by atoms with Gasteiger partial charge in [0.05, 0.1) is 21.3 Å². The van der Waals surface area contributed by atoms with E-state index in [2.05, 4.69) is 37.8 Å². The second-order valence-electron chi connectivity index (χ2n) is 4.69. The Morgan fingerprint density at radius 2 is 2.05 bits per heavy atom. The Labute approximate surface area is 146 Å². The van der Waals surface area contributed by atoms with Gasteiger partial charge < -0.3 is 0 Å². The first-order valence-corrected chi connectivity index (χ1v) is 10.2. The maximum Gasteiger partial charge on any atom is 0.151 e. The lowest BCUT2D eigenvalue weighted by Crippen LogP contribution is -2.20. The Morgan fingerprint density at radius 3 is 2.64 bits per heavy atom. The third-order valence-corrected chi connectivity index (χ3v) is 6.00. The number of halogens is 3. The topological polar surface area (TPSA) is 51.2 Å². The first-order valence-electron chi connectivity index (χ1n) is 6.49. The number of hydrogen-bond donors (Lipinski definition) is 0. The van der Waals surface area contributed by atoms with Crippen LogP contribution in [0.5, 0.6) is 0 Å². The van der Waals surface area contributed by atoms with Gasteiger partial charge in [0.2, 0.25) is 0 Å². The minimum atomic E-state index is -3.36. The second-order valence-corrected chi connectivity index (χ2v) is 8.41. The van der Waals surface area contributed by atoms with Crippen molar-refractivity contribution in [2.24, 2.45) is 0 Å². The van der Waals surface area contributed by atoms with Gasteiger partial charge in [0.15, 0.2) is 15.6 Å². The fourth-order valence-corrected chi connectivity index (χ4v) is 3.99. The number of terminal acetylenes is 1. The van der Waals surface area contributed by atoms with Crippen LogP contribution >= 0.6 is 31.9 Å². The first kappa shape index (κ1) is 19.3. The minimum Gasteiger partial charge on any atom is -0.298 e. The number of benzene rings is 1. The van der Waals surface area contributed by atoms with Gasteiger partial charge in [-0.15, -0.1) is 12.3 Å². The molecule has 0 aliphatic rings. The van der Waals surface area contributed by atoms with E-state index in [0.29, 0.717) is 0 Å². The highest BCUT2D eigenvalue weighted by Crippen LogP contribution is 2.29. The van der Waals surface area contributed by atoms with E-state index in [1.807, 2.05) is 0 Å². The Hall–Kier alpha value is -0.710. The number of sulfone groups is 1. The normalized spacial score (nSPS) is 12.6. The van der Waals surface area contributed by atoms with Crippen LogP contribution in [-0.4, -0.2) is 31.0 Å². The molecule has 0 heterocycles. The highest BCUT2D eigenvalue weighted by Gasteiger charge is 2.25. The van der Waals surface area contributed by atoms with Crippen molar-refractivity contribution in [3.05, 3.63) is 34.1 Å². The minimum absolute atomic E-state index is 0.0325. The van der Waals surface area contributed by atoms with Crippen LogP contribution in [0.4, 0.5) is 4.39 Å². The van der Waals surface area contributed by atoms with E-state index in [4.69, 9.17) is 6.42 Å². The fourth-order valence-electron chi connectivity index (χ4n) is 1.99. The van der Waals surface area contributed by atoms with E-state index in [0.717, 1.165) is 0 Å². The Bertz CT molecular complexity index is 681. The van der Waals surface area contributed by atoms with Gasteiger partial charge in [-0.3, -0.25) is 4.79 Å². The molecular formula is C15H15Br2FO3S. The quantitative estimate of drug-likeness (QED) is 0.447. The van der Waals surface area contributed by atoms with E-state index in [9.17, 15) is 17.6 Å². The number of rotatable bonds is 8. The molecule has 0 N–H and O–H groups in total. The summed E-state index contributed by atoms with van der Waals surface area (Å²) in [5, 5.41) is 0.0357. The highest BCUT2D eigenvalue weighted by atomic mass is 79.9. The highest BCUT2D eigenvalue weighted by molar-refractivity contribution is 9.10. The third-order valence-electron chi connectivity index (χ3n) is 3.15. The van der Waals surface area contributed by atoms with Crippen LogP contribution in [0.15, 0.2) is 22.7 Å². The summed E-state index contributed by atoms with van der Waals surface area (Å²) >= 11 is 6.13. The van der Waals surface area contributed by atoms with Crippen LogP contribution in [0.2, 0.25) is 0 Å². The van der Waals surface area contributed by atoms with Gasteiger partial charge >= 0.3 is 0 Å². The molecule has 1 atom stereocenters. The third kappa shape index (κ3) is 5.49. The SMILES string of the molecule is C#CCCS(=O)(=O)CCC(C(=O)CBr)c1cccc(Br)c1F. The number of carbonyl (C=O) groups is 1. The zero-order chi connectivity index (χ0) is 16.8. The molecule has 1 aromatic carbocycles. The van der Waals surface area contributed by atoms with E-state index in [1.165, 1.54) is 12.1 Å². The van der Waals surface area contributed by atoms with Crippen molar-refractivity contribution in [3.8, 4) is 12.3 Å². The van der Waals surface area contributed by atoms with Crippen molar-refractivity contribution in [2.75, 3.05) is 16.8 Å². The van der Waals surface area contributed by atoms with E-state index in [-0.39, 0.29) is 45.5 Å². The number of ketones is 1. The van der Waals surface area contributed by atoms with Crippen molar-refractivity contribution >= 4 is 47.5 Å². The summed E-state index contributed by atoms with van der Waals surface area (Å²) < 4.78 is 38.2. The molecule has 120 valence electrons. The standard InChI is InChI=1S/C15H15Br2FO3S/c1-2-3-8-22(20,21)9-7-11(14(19)10-16)12-5-4-6-13(17)15(12)18/h1,4-6,11H,3,7-10H2. The predicted octanol–water partition coefficient (Wildman–Crippen LogP) is 3.46. The van der Waals surface area contributed by atoms with Gasteiger partial charge in [-0.25, -0.2) is 12.8 Å². The Morgan fingerprint density at radius 1 is 1.36 bits per heavy atom. The molecule has 22 heavy (non-hydrogen) atoms. The smallest absolute Gasteiger partial charge is 0.151 e. The maximum atomic E-state index is 14.2. The van der Waals surface area contributed by atoms with Crippen LogP contribution in [0.1, 0.15) is 24.3 Å². The molecular weight excluding hydrogens is 439 g/mol. The van der Waals surface area contributed by atoms with Gasteiger partial charge in [-0.1, -0.05) is 28.1 Å². The van der Waals surface area contributed by atoms with Gasteiger partial charge in [0, 0.05) is 12.3 Å². The maximum absolute atomic E-state index is 14.2. The molecule has 0 amide bonds. The van der Waals surface area contributed by atoms with Crippen LogP contribution in [-0.2, 0) is 14.6 Å². The van der Waals surface area contributed by atoms with Gasteiger partial charge in [-0.05, 0) is 34.0 Å². The first-order chi connectivity index (χ1) is 10.3. The molecule has 1 unspecified atom stereocenters. The number of Topliss-reactive ketones (excluding diaryl/α,β-unsaturated/α-hetero) is 1. The van der Waals surface area contributed by atoms with Gasteiger partial charge in [-0.2, -0.15) is 0 Å². The molecule has 0 saturated heterocycles. The summed E-state index contributed by atoms with van der Waals surface area (Å²) in [4.78, 5) is 12.1. The lowest BCUT2D eigenvalue weighted by molar-refractivity contribution is -0.118. The Balaban J connectivity index is 2.99. The molecule has 1 rings (SSSR count).